The standard InChI is InChI=1S/C9H17N5/c1-7-11-9(13-12-7)6-14-4-2-3-8(10)5-14/h8H,2-6,10H2,1H3,(H,11,12,13)/t8-/m1/s1. The number of likely N-dealkylation sites (tertiary alicyclic amines) is 1. The van der Waals surface area contributed by atoms with Crippen LogP contribution in [0.2, 0.25) is 0 Å². The molecule has 0 bridgehead atoms. The van der Waals surface area contributed by atoms with Crippen LogP contribution in [-0.4, -0.2) is 39.2 Å². The molecule has 1 aromatic rings. The predicted molar refractivity (Wildman–Crippen MR) is 53.6 cm³/mol. The van der Waals surface area contributed by atoms with Gasteiger partial charge in [0.15, 0.2) is 5.82 Å². The van der Waals surface area contributed by atoms with Crippen molar-refractivity contribution in [1.82, 2.24) is 20.1 Å². The first-order valence-electron chi connectivity index (χ1n) is 5.10. The second kappa shape index (κ2) is 4.06. The maximum absolute atomic E-state index is 5.89. The molecule has 0 unspecified atom stereocenters. The number of hydrogen-bond acceptors (Lipinski definition) is 4. The Hall–Kier alpha value is -0.940. The molecule has 0 aliphatic carbocycles. The molecule has 1 aliphatic rings. The molecular formula is C9H17N5. The molecule has 0 aromatic carbocycles. The molecule has 1 saturated heterocycles. The van der Waals surface area contributed by atoms with Crippen molar-refractivity contribution in [2.45, 2.75) is 32.4 Å². The minimum atomic E-state index is 0.323. The number of aryl methyl sites for hydroxylation is 1. The quantitative estimate of drug-likeness (QED) is 0.698. The van der Waals surface area contributed by atoms with Crippen LogP contribution >= 0.6 is 0 Å². The molecule has 5 nitrogen and oxygen atoms in total. The smallest absolute Gasteiger partial charge is 0.164 e. The number of piperidine rings is 1. The highest BCUT2D eigenvalue weighted by molar-refractivity contribution is 4.89. The van der Waals surface area contributed by atoms with Crippen molar-refractivity contribution in [3.8, 4) is 0 Å². The molecule has 78 valence electrons. The summed E-state index contributed by atoms with van der Waals surface area (Å²) in [5.74, 6) is 1.75. The molecule has 14 heavy (non-hydrogen) atoms. The van der Waals surface area contributed by atoms with Gasteiger partial charge >= 0.3 is 0 Å². The third kappa shape index (κ3) is 2.30. The van der Waals surface area contributed by atoms with Gasteiger partial charge in [-0.05, 0) is 26.3 Å². The summed E-state index contributed by atoms with van der Waals surface area (Å²) in [6, 6.07) is 0.323. The van der Waals surface area contributed by atoms with Gasteiger partial charge in [0.2, 0.25) is 0 Å². The summed E-state index contributed by atoms with van der Waals surface area (Å²) in [5.41, 5.74) is 5.89. The maximum Gasteiger partial charge on any atom is 0.164 e. The van der Waals surface area contributed by atoms with Crippen LogP contribution in [0.15, 0.2) is 0 Å². The molecular weight excluding hydrogens is 178 g/mol. The van der Waals surface area contributed by atoms with Gasteiger partial charge in [-0.15, -0.1) is 0 Å². The fraction of sp³-hybridized carbons (Fsp3) is 0.778. The summed E-state index contributed by atoms with van der Waals surface area (Å²) >= 11 is 0. The van der Waals surface area contributed by atoms with E-state index in [1.165, 1.54) is 6.42 Å². The molecule has 0 saturated carbocycles. The first-order valence-corrected chi connectivity index (χ1v) is 5.10. The lowest BCUT2D eigenvalue weighted by atomic mass is 10.1. The van der Waals surface area contributed by atoms with Crippen LogP contribution in [0, 0.1) is 6.92 Å². The Labute approximate surface area is 83.7 Å². The van der Waals surface area contributed by atoms with Gasteiger partial charge in [0.05, 0.1) is 6.54 Å². The number of nitrogens with one attached hydrogen (secondary N) is 1. The Balaban J connectivity index is 1.90. The average Bonchev–Trinajstić information content (AvgIpc) is 2.51. The maximum atomic E-state index is 5.89. The van der Waals surface area contributed by atoms with Crippen molar-refractivity contribution in [2.24, 2.45) is 5.73 Å². The van der Waals surface area contributed by atoms with Crippen LogP contribution in [0.25, 0.3) is 0 Å². The highest BCUT2D eigenvalue weighted by atomic mass is 15.3. The first kappa shape index (κ1) is 9.61. The Morgan fingerprint density at radius 3 is 3.14 bits per heavy atom. The van der Waals surface area contributed by atoms with Crippen molar-refractivity contribution in [1.29, 1.82) is 0 Å². The highest BCUT2D eigenvalue weighted by Gasteiger charge is 2.17. The minimum Gasteiger partial charge on any atom is -0.327 e. The number of aromatic nitrogens is 3. The van der Waals surface area contributed by atoms with E-state index in [1.54, 1.807) is 0 Å². The molecule has 0 spiro atoms. The molecule has 0 radical (unpaired) electrons. The topological polar surface area (TPSA) is 70.8 Å². The third-order valence-corrected chi connectivity index (χ3v) is 2.55. The molecule has 3 N–H and O–H groups in total. The molecule has 5 heteroatoms. The lowest BCUT2D eigenvalue weighted by Gasteiger charge is -2.29. The van der Waals surface area contributed by atoms with E-state index < -0.39 is 0 Å². The van der Waals surface area contributed by atoms with Gasteiger partial charge in [0.1, 0.15) is 5.82 Å². The van der Waals surface area contributed by atoms with Gasteiger partial charge in [-0.3, -0.25) is 10.00 Å². The van der Waals surface area contributed by atoms with Crippen LogP contribution in [0.1, 0.15) is 24.5 Å². The fourth-order valence-electron chi connectivity index (χ4n) is 1.89. The second-order valence-electron chi connectivity index (χ2n) is 3.97. The van der Waals surface area contributed by atoms with Gasteiger partial charge in [0, 0.05) is 12.6 Å². The van der Waals surface area contributed by atoms with Gasteiger partial charge < -0.3 is 5.73 Å². The normalized spacial score (nSPS) is 24.0. The van der Waals surface area contributed by atoms with Crippen LogP contribution < -0.4 is 5.73 Å². The van der Waals surface area contributed by atoms with E-state index in [4.69, 9.17) is 5.73 Å². The number of nitrogens with zero attached hydrogens (tertiary/aromatic N) is 3. The molecule has 1 aliphatic heterocycles. The fourth-order valence-corrected chi connectivity index (χ4v) is 1.89. The van der Waals surface area contributed by atoms with Crippen molar-refractivity contribution in [3.63, 3.8) is 0 Å². The van der Waals surface area contributed by atoms with Crippen molar-refractivity contribution in [2.75, 3.05) is 13.1 Å². The van der Waals surface area contributed by atoms with Gasteiger partial charge in [-0.2, -0.15) is 5.10 Å². The van der Waals surface area contributed by atoms with E-state index >= 15 is 0 Å². The molecule has 2 rings (SSSR count). The van der Waals surface area contributed by atoms with E-state index in [0.717, 1.165) is 37.7 Å². The zero-order valence-corrected chi connectivity index (χ0v) is 8.53. The van der Waals surface area contributed by atoms with Crippen molar-refractivity contribution >= 4 is 0 Å². The number of H-pyrrole nitrogens is 1. The number of nitrogens with two attached hydrogens (primary N) is 1. The molecule has 2 heterocycles. The largest absolute Gasteiger partial charge is 0.327 e. The van der Waals surface area contributed by atoms with E-state index in [0.29, 0.717) is 6.04 Å². The van der Waals surface area contributed by atoms with E-state index in [-0.39, 0.29) is 0 Å². The van der Waals surface area contributed by atoms with Crippen molar-refractivity contribution < 1.29 is 0 Å². The van der Waals surface area contributed by atoms with Crippen molar-refractivity contribution in [3.05, 3.63) is 11.6 Å². The van der Waals surface area contributed by atoms with Crippen LogP contribution in [0.4, 0.5) is 0 Å². The number of hydrogen-bond donors (Lipinski definition) is 2. The predicted octanol–water partition coefficient (Wildman–Crippen LogP) is 0.0362. The number of rotatable bonds is 2. The minimum absolute atomic E-state index is 0.323. The molecule has 1 fully saturated rings. The second-order valence-corrected chi connectivity index (χ2v) is 3.97. The van der Waals surface area contributed by atoms with Crippen LogP contribution in [0.3, 0.4) is 0 Å². The first-order chi connectivity index (χ1) is 6.74. The van der Waals surface area contributed by atoms with Gasteiger partial charge in [0.25, 0.3) is 0 Å². The Morgan fingerprint density at radius 2 is 2.50 bits per heavy atom. The third-order valence-electron chi connectivity index (χ3n) is 2.55. The lowest BCUT2D eigenvalue weighted by molar-refractivity contribution is 0.197. The lowest BCUT2D eigenvalue weighted by Crippen LogP contribution is -2.42. The molecule has 1 aromatic heterocycles. The Kier molecular flexibility index (Phi) is 2.79. The summed E-state index contributed by atoms with van der Waals surface area (Å²) in [6.45, 7) is 4.81. The highest BCUT2D eigenvalue weighted by Crippen LogP contribution is 2.10. The monoisotopic (exact) mass is 195 g/mol. The van der Waals surface area contributed by atoms with Crippen LogP contribution in [-0.2, 0) is 6.54 Å². The summed E-state index contributed by atoms with van der Waals surface area (Å²) in [5, 5.41) is 6.97. The summed E-state index contributed by atoms with van der Waals surface area (Å²) in [7, 11) is 0. The Bertz CT molecular complexity index is 295. The summed E-state index contributed by atoms with van der Waals surface area (Å²) in [4.78, 5) is 6.60. The van der Waals surface area contributed by atoms with Gasteiger partial charge in [-0.1, -0.05) is 0 Å². The molecule has 1 atom stereocenters. The SMILES string of the molecule is Cc1nc(CN2CCC[C@@H](N)C2)n[nH]1. The summed E-state index contributed by atoms with van der Waals surface area (Å²) < 4.78 is 0. The van der Waals surface area contributed by atoms with Crippen LogP contribution in [0.5, 0.6) is 0 Å². The van der Waals surface area contributed by atoms with E-state index in [2.05, 4.69) is 20.1 Å². The average molecular weight is 195 g/mol. The number of aromatic amines is 1. The summed E-state index contributed by atoms with van der Waals surface area (Å²) in [6.07, 6.45) is 2.33. The zero-order valence-electron chi connectivity index (χ0n) is 8.53. The van der Waals surface area contributed by atoms with E-state index in [9.17, 15) is 0 Å². The molecule has 0 amide bonds. The zero-order chi connectivity index (χ0) is 9.97. The Morgan fingerprint density at radius 1 is 1.64 bits per heavy atom. The van der Waals surface area contributed by atoms with E-state index in [1.807, 2.05) is 6.92 Å². The van der Waals surface area contributed by atoms with Gasteiger partial charge in [-0.25, -0.2) is 4.98 Å².